The molecule has 1 N–H and O–H groups in total. The fraction of sp³-hybridized carbons (Fsp3) is 0.333. The fourth-order valence-electron chi connectivity index (χ4n) is 2.25. The van der Waals surface area contributed by atoms with E-state index in [-0.39, 0.29) is 23.8 Å². The summed E-state index contributed by atoms with van der Waals surface area (Å²) in [6, 6.07) is 8.53. The molecule has 2 rings (SSSR count). The van der Waals surface area contributed by atoms with Gasteiger partial charge in [0.1, 0.15) is 11.4 Å². The van der Waals surface area contributed by atoms with Crippen molar-refractivity contribution in [2.45, 2.75) is 39.0 Å². The monoisotopic (exact) mass is 388 g/mol. The Hall–Kier alpha value is -2.28. The van der Waals surface area contributed by atoms with E-state index in [9.17, 15) is 18.0 Å². The van der Waals surface area contributed by atoms with Crippen LogP contribution in [0.15, 0.2) is 42.6 Å². The molecule has 0 aliphatic rings. The van der Waals surface area contributed by atoms with Crippen LogP contribution in [0, 0.1) is 0 Å². The molecule has 0 unspecified atom stereocenters. The average Bonchev–Trinajstić information content (AvgIpc) is 2.54. The lowest BCUT2D eigenvalue weighted by Gasteiger charge is -2.10. The van der Waals surface area contributed by atoms with E-state index in [1.807, 2.05) is 6.07 Å². The summed E-state index contributed by atoms with van der Waals surface area (Å²) >= 11 is 0. The van der Waals surface area contributed by atoms with Crippen LogP contribution in [0.5, 0.6) is 5.75 Å². The van der Waals surface area contributed by atoms with E-state index in [4.69, 9.17) is 0 Å². The molecule has 142 valence electrons. The summed E-state index contributed by atoms with van der Waals surface area (Å²) in [4.78, 5) is 16.3. The number of nitrogens with zero attached hydrogens (tertiary/aromatic N) is 1. The molecule has 4 nitrogen and oxygen atoms in total. The number of rotatable bonds is 7. The molecule has 1 aromatic heterocycles. The zero-order valence-electron chi connectivity index (χ0n) is 14.2. The minimum absolute atomic E-state index is 0. The number of hydrogen-bond donors (Lipinski definition) is 1. The number of aryl methyl sites for hydroxylation is 1. The Morgan fingerprint density at radius 2 is 1.96 bits per heavy atom. The molecule has 0 spiro atoms. The second kappa shape index (κ2) is 10.0. The van der Waals surface area contributed by atoms with Crippen molar-refractivity contribution >= 4 is 24.0 Å². The largest absolute Gasteiger partial charge is 0.573 e. The van der Waals surface area contributed by atoms with Gasteiger partial charge in [-0.2, -0.15) is 0 Å². The van der Waals surface area contributed by atoms with E-state index in [1.165, 1.54) is 12.1 Å². The maximum Gasteiger partial charge on any atom is 0.573 e. The number of anilines is 1. The lowest BCUT2D eigenvalue weighted by Crippen LogP contribution is -2.17. The number of alkyl halides is 3. The lowest BCUT2D eigenvalue weighted by atomic mass is 10.1. The third-order valence-electron chi connectivity index (χ3n) is 3.45. The van der Waals surface area contributed by atoms with Crippen molar-refractivity contribution in [3.8, 4) is 5.75 Å². The van der Waals surface area contributed by atoms with Gasteiger partial charge >= 0.3 is 6.36 Å². The number of ether oxygens (including phenoxy) is 1. The summed E-state index contributed by atoms with van der Waals surface area (Å²) in [7, 11) is 0. The molecule has 0 saturated carbocycles. The van der Waals surface area contributed by atoms with Crippen LogP contribution in [-0.2, 0) is 6.42 Å². The number of hydrogen-bond acceptors (Lipinski definition) is 3. The average molecular weight is 389 g/mol. The van der Waals surface area contributed by atoms with Crippen molar-refractivity contribution < 1.29 is 22.7 Å². The third kappa shape index (κ3) is 7.31. The van der Waals surface area contributed by atoms with Gasteiger partial charge in [0, 0.05) is 18.0 Å². The molecule has 1 amide bonds. The van der Waals surface area contributed by atoms with Crippen molar-refractivity contribution in [1.82, 2.24) is 4.98 Å². The van der Waals surface area contributed by atoms with Gasteiger partial charge in [0.25, 0.3) is 5.91 Å². The standard InChI is InChI=1S/C18H19F3N2O2.ClH/c1-2-3-4-6-13-9-10-16(22-12-13)17(24)23-14-7-5-8-15(11-14)25-18(19,20)21;/h5,7-12H,2-4,6H2,1H3,(H,23,24);1H. The molecule has 2 aromatic rings. The normalized spacial score (nSPS) is 10.8. The highest BCUT2D eigenvalue weighted by molar-refractivity contribution is 6.02. The number of pyridine rings is 1. The summed E-state index contributed by atoms with van der Waals surface area (Å²) in [6.45, 7) is 2.13. The smallest absolute Gasteiger partial charge is 0.406 e. The first-order valence-electron chi connectivity index (χ1n) is 7.99. The van der Waals surface area contributed by atoms with Crippen LogP contribution in [-0.4, -0.2) is 17.3 Å². The summed E-state index contributed by atoms with van der Waals surface area (Å²) in [6.07, 6.45) is 1.10. The number of aromatic nitrogens is 1. The number of carbonyl (C=O) groups excluding carboxylic acids is 1. The number of amides is 1. The lowest BCUT2D eigenvalue weighted by molar-refractivity contribution is -0.274. The summed E-state index contributed by atoms with van der Waals surface area (Å²) < 4.78 is 40.5. The van der Waals surface area contributed by atoms with Crippen LogP contribution in [0.25, 0.3) is 0 Å². The fourth-order valence-corrected chi connectivity index (χ4v) is 2.25. The van der Waals surface area contributed by atoms with E-state index in [0.717, 1.165) is 43.4 Å². The van der Waals surface area contributed by atoms with Crippen LogP contribution in [0.1, 0.15) is 42.2 Å². The zero-order chi connectivity index (χ0) is 18.3. The summed E-state index contributed by atoms with van der Waals surface area (Å²) in [5.74, 6) is -0.895. The molecule has 0 aliphatic heterocycles. The van der Waals surface area contributed by atoms with Crippen molar-refractivity contribution in [3.63, 3.8) is 0 Å². The first kappa shape index (κ1) is 21.8. The van der Waals surface area contributed by atoms with Crippen molar-refractivity contribution in [3.05, 3.63) is 53.9 Å². The van der Waals surface area contributed by atoms with Crippen molar-refractivity contribution in [1.29, 1.82) is 0 Å². The van der Waals surface area contributed by atoms with Crippen LogP contribution >= 0.6 is 12.4 Å². The molecule has 0 fully saturated rings. The van der Waals surface area contributed by atoms with Crippen LogP contribution in [0.4, 0.5) is 18.9 Å². The van der Waals surface area contributed by atoms with Crippen molar-refractivity contribution in [2.24, 2.45) is 0 Å². The van der Waals surface area contributed by atoms with Gasteiger partial charge in [0.2, 0.25) is 0 Å². The second-order valence-electron chi connectivity index (χ2n) is 5.54. The molecule has 1 heterocycles. The van der Waals surface area contributed by atoms with Crippen molar-refractivity contribution in [2.75, 3.05) is 5.32 Å². The van der Waals surface area contributed by atoms with Gasteiger partial charge in [-0.05, 0) is 36.6 Å². The highest BCUT2D eigenvalue weighted by atomic mass is 35.5. The topological polar surface area (TPSA) is 51.2 Å². The van der Waals surface area contributed by atoms with Crippen LogP contribution in [0.2, 0.25) is 0 Å². The molecule has 26 heavy (non-hydrogen) atoms. The van der Waals surface area contributed by atoms with E-state index in [1.54, 1.807) is 12.3 Å². The van der Waals surface area contributed by atoms with Gasteiger partial charge in [-0.1, -0.05) is 31.9 Å². The number of halogens is 4. The minimum Gasteiger partial charge on any atom is -0.406 e. The Kier molecular flexibility index (Phi) is 8.38. The van der Waals surface area contributed by atoms with E-state index < -0.39 is 18.0 Å². The van der Waals surface area contributed by atoms with E-state index in [0.29, 0.717) is 0 Å². The number of benzene rings is 1. The van der Waals surface area contributed by atoms with Gasteiger partial charge in [0.15, 0.2) is 0 Å². The SMILES string of the molecule is CCCCCc1ccc(C(=O)Nc2cccc(OC(F)(F)F)c2)nc1.Cl. The highest BCUT2D eigenvalue weighted by Gasteiger charge is 2.31. The number of carbonyl (C=O) groups is 1. The zero-order valence-corrected chi connectivity index (χ0v) is 15.0. The molecule has 0 aliphatic carbocycles. The van der Waals surface area contributed by atoms with E-state index >= 15 is 0 Å². The summed E-state index contributed by atoms with van der Waals surface area (Å²) in [5, 5.41) is 2.51. The Morgan fingerprint density at radius 1 is 1.19 bits per heavy atom. The molecular formula is C18H20ClF3N2O2. The van der Waals surface area contributed by atoms with Gasteiger partial charge in [-0.15, -0.1) is 25.6 Å². The first-order valence-corrected chi connectivity index (χ1v) is 7.99. The van der Waals surface area contributed by atoms with E-state index in [2.05, 4.69) is 22.0 Å². The van der Waals surface area contributed by atoms with Gasteiger partial charge in [-0.3, -0.25) is 9.78 Å². The number of nitrogens with one attached hydrogen (secondary N) is 1. The maximum absolute atomic E-state index is 12.2. The number of unbranched alkanes of at least 4 members (excludes halogenated alkanes) is 2. The highest BCUT2D eigenvalue weighted by Crippen LogP contribution is 2.25. The molecule has 0 bridgehead atoms. The first-order chi connectivity index (χ1) is 11.9. The van der Waals surface area contributed by atoms with Crippen LogP contribution in [0.3, 0.4) is 0 Å². The quantitative estimate of drug-likeness (QED) is 0.647. The molecule has 0 atom stereocenters. The Labute approximate surface area is 156 Å². The molecule has 0 radical (unpaired) electrons. The molecule has 8 heteroatoms. The molecular weight excluding hydrogens is 369 g/mol. The van der Waals surface area contributed by atoms with Crippen LogP contribution < -0.4 is 10.1 Å². The summed E-state index contributed by atoms with van der Waals surface area (Å²) in [5.41, 5.74) is 1.44. The predicted octanol–water partition coefficient (Wildman–Crippen LogP) is 5.39. The molecule has 0 saturated heterocycles. The van der Waals surface area contributed by atoms with Gasteiger partial charge < -0.3 is 10.1 Å². The third-order valence-corrected chi connectivity index (χ3v) is 3.45. The van der Waals surface area contributed by atoms with Gasteiger partial charge in [-0.25, -0.2) is 0 Å². The Morgan fingerprint density at radius 3 is 2.58 bits per heavy atom. The molecule has 1 aromatic carbocycles. The Balaban J connectivity index is 0.00000338. The minimum atomic E-state index is -4.78. The predicted molar refractivity (Wildman–Crippen MR) is 95.8 cm³/mol. The van der Waals surface area contributed by atoms with Gasteiger partial charge in [0.05, 0.1) is 0 Å². The Bertz CT molecular complexity index is 706. The maximum atomic E-state index is 12.2. The second-order valence-corrected chi connectivity index (χ2v) is 5.54.